The summed E-state index contributed by atoms with van der Waals surface area (Å²) in [5, 5.41) is 3.51. The highest BCUT2D eigenvalue weighted by molar-refractivity contribution is 4.77. The molecule has 15 heavy (non-hydrogen) atoms. The normalized spacial score (nSPS) is 28.6. The van der Waals surface area contributed by atoms with E-state index in [1.165, 1.54) is 19.3 Å². The van der Waals surface area contributed by atoms with Gasteiger partial charge in [0.25, 0.3) is 0 Å². The second-order valence-corrected chi connectivity index (χ2v) is 4.70. The molecule has 1 fully saturated rings. The molecular formula is C12H25NO2. The molecule has 1 saturated carbocycles. The smallest absolute Gasteiger partial charge is 0.171 e. The van der Waals surface area contributed by atoms with Gasteiger partial charge in [-0.05, 0) is 31.7 Å². The first kappa shape index (κ1) is 12.9. The molecule has 0 aromatic rings. The van der Waals surface area contributed by atoms with E-state index in [1.54, 1.807) is 14.2 Å². The Hall–Kier alpha value is -0.120. The van der Waals surface area contributed by atoms with Gasteiger partial charge in [-0.2, -0.15) is 0 Å². The monoisotopic (exact) mass is 215 g/mol. The SMILES string of the molecule is COC(OC)C(C)NCC1CCCC1C. The van der Waals surface area contributed by atoms with Gasteiger partial charge in [0.1, 0.15) is 0 Å². The first-order valence-corrected chi connectivity index (χ1v) is 5.98. The third-order valence-electron chi connectivity index (χ3n) is 3.61. The topological polar surface area (TPSA) is 30.5 Å². The third-order valence-corrected chi connectivity index (χ3v) is 3.61. The van der Waals surface area contributed by atoms with Crippen molar-refractivity contribution in [3.8, 4) is 0 Å². The predicted octanol–water partition coefficient (Wildman–Crippen LogP) is 2.02. The molecule has 3 nitrogen and oxygen atoms in total. The summed E-state index contributed by atoms with van der Waals surface area (Å²) in [5.41, 5.74) is 0. The minimum absolute atomic E-state index is 0.137. The average molecular weight is 215 g/mol. The molecule has 0 heterocycles. The highest BCUT2D eigenvalue weighted by Crippen LogP contribution is 2.30. The zero-order valence-corrected chi connectivity index (χ0v) is 10.5. The lowest BCUT2D eigenvalue weighted by molar-refractivity contribution is -0.119. The van der Waals surface area contributed by atoms with Gasteiger partial charge in [-0.3, -0.25) is 0 Å². The molecule has 0 spiro atoms. The molecule has 1 aliphatic carbocycles. The zero-order chi connectivity index (χ0) is 11.3. The van der Waals surface area contributed by atoms with E-state index in [0.717, 1.165) is 18.4 Å². The van der Waals surface area contributed by atoms with Gasteiger partial charge in [-0.15, -0.1) is 0 Å². The van der Waals surface area contributed by atoms with Crippen LogP contribution in [-0.2, 0) is 9.47 Å². The maximum Gasteiger partial charge on any atom is 0.171 e. The van der Waals surface area contributed by atoms with Gasteiger partial charge in [-0.1, -0.05) is 19.8 Å². The first-order valence-electron chi connectivity index (χ1n) is 5.98. The number of hydrogen-bond acceptors (Lipinski definition) is 3. The van der Waals surface area contributed by atoms with Crippen LogP contribution in [0.2, 0.25) is 0 Å². The van der Waals surface area contributed by atoms with Crippen molar-refractivity contribution >= 4 is 0 Å². The minimum Gasteiger partial charge on any atom is -0.354 e. The Kier molecular flexibility index (Phi) is 5.58. The highest BCUT2D eigenvalue weighted by Gasteiger charge is 2.24. The largest absolute Gasteiger partial charge is 0.354 e. The standard InChI is InChI=1S/C12H25NO2/c1-9-6-5-7-11(9)8-13-10(2)12(14-3)15-4/h9-13H,5-8H2,1-4H3. The predicted molar refractivity (Wildman–Crippen MR) is 61.8 cm³/mol. The average Bonchev–Trinajstić information content (AvgIpc) is 2.63. The Morgan fingerprint density at radius 2 is 1.93 bits per heavy atom. The van der Waals surface area contributed by atoms with Crippen LogP contribution in [0.4, 0.5) is 0 Å². The molecule has 3 atom stereocenters. The lowest BCUT2D eigenvalue weighted by atomic mass is 9.98. The van der Waals surface area contributed by atoms with Gasteiger partial charge >= 0.3 is 0 Å². The van der Waals surface area contributed by atoms with E-state index in [2.05, 4.69) is 19.2 Å². The Balaban J connectivity index is 2.23. The van der Waals surface area contributed by atoms with Gasteiger partial charge in [0.15, 0.2) is 6.29 Å². The number of methoxy groups -OCH3 is 2. The number of hydrogen-bond donors (Lipinski definition) is 1. The molecule has 0 saturated heterocycles. The van der Waals surface area contributed by atoms with Crippen molar-refractivity contribution in [2.45, 2.75) is 45.4 Å². The van der Waals surface area contributed by atoms with Crippen LogP contribution in [0.1, 0.15) is 33.1 Å². The molecule has 90 valence electrons. The van der Waals surface area contributed by atoms with Crippen molar-refractivity contribution in [3.63, 3.8) is 0 Å². The van der Waals surface area contributed by atoms with Crippen LogP contribution >= 0.6 is 0 Å². The molecule has 1 aliphatic rings. The molecule has 0 aromatic heterocycles. The molecule has 0 bridgehead atoms. The van der Waals surface area contributed by atoms with E-state index in [0.29, 0.717) is 0 Å². The molecule has 3 heteroatoms. The summed E-state index contributed by atoms with van der Waals surface area (Å²) in [6, 6.07) is 0.257. The Morgan fingerprint density at radius 1 is 1.27 bits per heavy atom. The maximum absolute atomic E-state index is 5.22. The number of nitrogens with one attached hydrogen (secondary N) is 1. The Bertz CT molecular complexity index is 171. The van der Waals surface area contributed by atoms with Crippen LogP contribution in [0.3, 0.4) is 0 Å². The second kappa shape index (κ2) is 6.46. The Labute approximate surface area is 93.5 Å². The fraction of sp³-hybridized carbons (Fsp3) is 1.00. The summed E-state index contributed by atoms with van der Waals surface area (Å²) in [7, 11) is 3.37. The third kappa shape index (κ3) is 3.74. The van der Waals surface area contributed by atoms with Crippen LogP contribution in [-0.4, -0.2) is 33.1 Å². The van der Waals surface area contributed by atoms with Crippen LogP contribution < -0.4 is 5.32 Å². The summed E-state index contributed by atoms with van der Waals surface area (Å²) in [6.45, 7) is 5.55. The zero-order valence-electron chi connectivity index (χ0n) is 10.5. The van der Waals surface area contributed by atoms with Crippen LogP contribution in [0.15, 0.2) is 0 Å². The van der Waals surface area contributed by atoms with E-state index >= 15 is 0 Å². The first-order chi connectivity index (χ1) is 7.19. The van der Waals surface area contributed by atoms with E-state index in [9.17, 15) is 0 Å². The molecular weight excluding hydrogens is 190 g/mol. The van der Waals surface area contributed by atoms with Crippen LogP contribution in [0, 0.1) is 11.8 Å². The molecule has 1 rings (SSSR count). The van der Waals surface area contributed by atoms with Gasteiger partial charge in [0, 0.05) is 14.2 Å². The number of rotatable bonds is 6. The molecule has 0 radical (unpaired) electrons. The highest BCUT2D eigenvalue weighted by atomic mass is 16.7. The lowest BCUT2D eigenvalue weighted by Gasteiger charge is -2.25. The summed E-state index contributed by atoms with van der Waals surface area (Å²) in [5.74, 6) is 1.70. The maximum atomic E-state index is 5.22. The van der Waals surface area contributed by atoms with E-state index < -0.39 is 0 Å². The summed E-state index contributed by atoms with van der Waals surface area (Å²) in [4.78, 5) is 0. The van der Waals surface area contributed by atoms with Crippen molar-refractivity contribution < 1.29 is 9.47 Å². The van der Waals surface area contributed by atoms with E-state index in [-0.39, 0.29) is 12.3 Å². The van der Waals surface area contributed by atoms with Crippen molar-refractivity contribution in [1.29, 1.82) is 0 Å². The molecule has 0 amide bonds. The molecule has 0 aliphatic heterocycles. The van der Waals surface area contributed by atoms with Crippen molar-refractivity contribution in [1.82, 2.24) is 5.32 Å². The number of ether oxygens (including phenoxy) is 2. The van der Waals surface area contributed by atoms with Gasteiger partial charge < -0.3 is 14.8 Å². The Morgan fingerprint density at radius 3 is 2.40 bits per heavy atom. The van der Waals surface area contributed by atoms with Gasteiger partial charge in [-0.25, -0.2) is 0 Å². The summed E-state index contributed by atoms with van der Waals surface area (Å²) in [6.07, 6.45) is 4.01. The molecule has 1 N–H and O–H groups in total. The summed E-state index contributed by atoms with van der Waals surface area (Å²) >= 11 is 0. The summed E-state index contributed by atoms with van der Waals surface area (Å²) < 4.78 is 10.4. The van der Waals surface area contributed by atoms with Gasteiger partial charge in [0.05, 0.1) is 6.04 Å². The lowest BCUT2D eigenvalue weighted by Crippen LogP contribution is -2.42. The fourth-order valence-electron chi connectivity index (χ4n) is 2.46. The van der Waals surface area contributed by atoms with Crippen molar-refractivity contribution in [2.24, 2.45) is 11.8 Å². The molecule has 3 unspecified atom stereocenters. The van der Waals surface area contributed by atoms with E-state index in [4.69, 9.17) is 9.47 Å². The second-order valence-electron chi connectivity index (χ2n) is 4.70. The fourth-order valence-corrected chi connectivity index (χ4v) is 2.46. The van der Waals surface area contributed by atoms with Gasteiger partial charge in [0.2, 0.25) is 0 Å². The van der Waals surface area contributed by atoms with Crippen LogP contribution in [0.5, 0.6) is 0 Å². The van der Waals surface area contributed by atoms with Crippen molar-refractivity contribution in [3.05, 3.63) is 0 Å². The minimum atomic E-state index is -0.137. The van der Waals surface area contributed by atoms with Crippen molar-refractivity contribution in [2.75, 3.05) is 20.8 Å². The van der Waals surface area contributed by atoms with E-state index in [1.807, 2.05) is 0 Å². The quantitative estimate of drug-likeness (QED) is 0.688. The molecule has 0 aromatic carbocycles. The van der Waals surface area contributed by atoms with Crippen LogP contribution in [0.25, 0.3) is 0 Å².